The van der Waals surface area contributed by atoms with Crippen LogP contribution < -0.4 is 5.32 Å². The Balaban J connectivity index is 2.01. The van der Waals surface area contributed by atoms with Gasteiger partial charge in [0.2, 0.25) is 0 Å². The lowest BCUT2D eigenvalue weighted by atomic mass is 10.1. The molecule has 1 atom stereocenters. The average Bonchev–Trinajstić information content (AvgIpc) is 2.95. The fourth-order valence-corrected chi connectivity index (χ4v) is 1.78. The second-order valence-corrected chi connectivity index (χ2v) is 4.26. The molecule has 1 amide bonds. The molecule has 0 fully saturated rings. The molecule has 0 radical (unpaired) electrons. The zero-order valence-electron chi connectivity index (χ0n) is 11.0. The van der Waals surface area contributed by atoms with Crippen molar-refractivity contribution in [3.05, 3.63) is 70.0 Å². The third-order valence-electron chi connectivity index (χ3n) is 2.82. The third kappa shape index (κ3) is 3.40. The first kappa shape index (κ1) is 13.7. The van der Waals surface area contributed by atoms with Crippen molar-refractivity contribution < 1.29 is 9.21 Å². The molecule has 1 aromatic carbocycles. The van der Waals surface area contributed by atoms with Crippen molar-refractivity contribution in [1.82, 2.24) is 5.32 Å². The smallest absolute Gasteiger partial charge is 0.287 e. The minimum absolute atomic E-state index is 0.0953. The number of hydrogen-bond acceptors (Lipinski definition) is 3. The Hall–Kier alpha value is -2.72. The molecule has 1 N–H and O–H groups in total. The van der Waals surface area contributed by atoms with Crippen LogP contribution in [0.3, 0.4) is 0 Å². The van der Waals surface area contributed by atoms with Crippen LogP contribution in [-0.4, -0.2) is 5.91 Å². The van der Waals surface area contributed by atoms with Gasteiger partial charge in [-0.15, -0.1) is 0 Å². The van der Waals surface area contributed by atoms with Gasteiger partial charge < -0.3 is 9.73 Å². The molecule has 0 bridgehead atoms. The molecule has 6 nitrogen and oxygen atoms in total. The van der Waals surface area contributed by atoms with Crippen LogP contribution in [-0.2, 0) is 6.54 Å². The summed E-state index contributed by atoms with van der Waals surface area (Å²) in [5.41, 5.74) is 9.24. The molecule has 0 saturated carbocycles. The zero-order valence-corrected chi connectivity index (χ0v) is 11.0. The molecule has 6 heteroatoms. The van der Waals surface area contributed by atoms with Gasteiger partial charge in [-0.3, -0.25) is 4.79 Å². The normalized spacial score (nSPS) is 11.4. The van der Waals surface area contributed by atoms with Gasteiger partial charge in [0.25, 0.3) is 5.91 Å². The summed E-state index contributed by atoms with van der Waals surface area (Å²) in [6.45, 7) is 2.00. The number of rotatable bonds is 5. The Morgan fingerprint density at radius 1 is 1.35 bits per heavy atom. The lowest BCUT2D eigenvalue weighted by molar-refractivity contribution is 0.0910. The van der Waals surface area contributed by atoms with E-state index in [1.807, 2.05) is 37.3 Å². The summed E-state index contributed by atoms with van der Waals surface area (Å²) in [6, 6.07) is 12.7. The Bertz CT molecular complexity index is 630. The third-order valence-corrected chi connectivity index (χ3v) is 2.82. The van der Waals surface area contributed by atoms with Gasteiger partial charge in [-0.1, -0.05) is 35.4 Å². The number of azide groups is 1. The number of hydrogen-bond donors (Lipinski definition) is 1. The molecule has 0 saturated heterocycles. The highest BCUT2D eigenvalue weighted by molar-refractivity contribution is 5.91. The van der Waals surface area contributed by atoms with Crippen LogP contribution in [0.2, 0.25) is 0 Å². The Kier molecular flexibility index (Phi) is 4.42. The summed E-state index contributed by atoms with van der Waals surface area (Å²) >= 11 is 0. The molecule has 0 aliphatic rings. The van der Waals surface area contributed by atoms with E-state index in [1.165, 1.54) is 0 Å². The number of furan rings is 1. The maximum Gasteiger partial charge on any atom is 0.287 e. The Morgan fingerprint density at radius 2 is 2.10 bits per heavy atom. The highest BCUT2D eigenvalue weighted by atomic mass is 16.4. The standard InChI is InChI=1S/C14H14N4O2/c1-10(11-5-3-2-4-6-11)17-14(19)13-8-7-12(20-13)9-16-18-15/h2-8,10H,9H2,1H3,(H,17,19)/t10-/m0/s1. The number of carbonyl (C=O) groups excluding carboxylic acids is 1. The van der Waals surface area contributed by atoms with Crippen LogP contribution in [0.4, 0.5) is 0 Å². The Labute approximate surface area is 116 Å². The van der Waals surface area contributed by atoms with Gasteiger partial charge in [0.05, 0.1) is 12.6 Å². The summed E-state index contributed by atoms with van der Waals surface area (Å²) in [6.07, 6.45) is 0. The van der Waals surface area contributed by atoms with Crippen molar-refractivity contribution in [2.75, 3.05) is 0 Å². The SMILES string of the molecule is C[C@H](NC(=O)c1ccc(CN=[N+]=[N-])o1)c1ccccc1. The molecular formula is C14H14N4O2. The molecule has 2 aromatic rings. The van der Waals surface area contributed by atoms with E-state index in [0.29, 0.717) is 5.76 Å². The molecule has 0 unspecified atom stereocenters. The summed E-state index contributed by atoms with van der Waals surface area (Å²) in [7, 11) is 0. The van der Waals surface area contributed by atoms with Crippen LogP contribution in [0, 0.1) is 0 Å². The minimum Gasteiger partial charge on any atom is -0.456 e. The topological polar surface area (TPSA) is 91.0 Å². The number of nitrogens with zero attached hydrogens (tertiary/aromatic N) is 3. The average molecular weight is 270 g/mol. The highest BCUT2D eigenvalue weighted by Gasteiger charge is 2.14. The first-order valence-electron chi connectivity index (χ1n) is 6.16. The largest absolute Gasteiger partial charge is 0.456 e. The van der Waals surface area contributed by atoms with Crippen LogP contribution in [0.15, 0.2) is 52.0 Å². The van der Waals surface area contributed by atoms with Gasteiger partial charge in [0.15, 0.2) is 5.76 Å². The number of carbonyl (C=O) groups is 1. The van der Waals surface area contributed by atoms with Crippen molar-refractivity contribution in [3.8, 4) is 0 Å². The van der Waals surface area contributed by atoms with Gasteiger partial charge in [-0.25, -0.2) is 0 Å². The first-order chi connectivity index (χ1) is 9.70. The van der Waals surface area contributed by atoms with E-state index in [2.05, 4.69) is 15.3 Å². The lowest BCUT2D eigenvalue weighted by Gasteiger charge is -2.12. The monoisotopic (exact) mass is 270 g/mol. The number of nitrogens with one attached hydrogen (secondary N) is 1. The molecule has 1 aromatic heterocycles. The lowest BCUT2D eigenvalue weighted by Crippen LogP contribution is -2.26. The van der Waals surface area contributed by atoms with Crippen molar-refractivity contribution in [3.63, 3.8) is 0 Å². The van der Waals surface area contributed by atoms with Gasteiger partial charge in [0, 0.05) is 4.91 Å². The van der Waals surface area contributed by atoms with Crippen LogP contribution in [0.25, 0.3) is 10.4 Å². The second-order valence-electron chi connectivity index (χ2n) is 4.26. The molecule has 0 aliphatic carbocycles. The van der Waals surface area contributed by atoms with Crippen LogP contribution in [0.5, 0.6) is 0 Å². The van der Waals surface area contributed by atoms with Crippen molar-refractivity contribution in [1.29, 1.82) is 0 Å². The molecule has 2 rings (SSSR count). The number of benzene rings is 1. The molecule has 1 heterocycles. The molecule has 0 aliphatic heterocycles. The number of amides is 1. The van der Waals surface area contributed by atoms with Crippen LogP contribution >= 0.6 is 0 Å². The predicted molar refractivity (Wildman–Crippen MR) is 73.9 cm³/mol. The van der Waals surface area contributed by atoms with E-state index < -0.39 is 0 Å². The first-order valence-corrected chi connectivity index (χ1v) is 6.16. The van der Waals surface area contributed by atoms with E-state index in [4.69, 9.17) is 9.95 Å². The van der Waals surface area contributed by atoms with Crippen molar-refractivity contribution in [2.45, 2.75) is 19.5 Å². The molecule has 20 heavy (non-hydrogen) atoms. The zero-order chi connectivity index (χ0) is 14.4. The van der Waals surface area contributed by atoms with Gasteiger partial charge >= 0.3 is 0 Å². The predicted octanol–water partition coefficient (Wildman–Crippen LogP) is 3.58. The summed E-state index contributed by atoms with van der Waals surface area (Å²) in [5.74, 6) is 0.366. The maximum absolute atomic E-state index is 12.0. The van der Waals surface area contributed by atoms with E-state index >= 15 is 0 Å². The van der Waals surface area contributed by atoms with Gasteiger partial charge in [-0.05, 0) is 30.2 Å². The Morgan fingerprint density at radius 3 is 2.80 bits per heavy atom. The molecule has 102 valence electrons. The molecular weight excluding hydrogens is 256 g/mol. The maximum atomic E-state index is 12.0. The summed E-state index contributed by atoms with van der Waals surface area (Å²) in [5, 5.41) is 6.22. The van der Waals surface area contributed by atoms with Crippen molar-refractivity contribution >= 4 is 5.91 Å². The van der Waals surface area contributed by atoms with E-state index in [1.54, 1.807) is 12.1 Å². The molecule has 0 spiro atoms. The van der Waals surface area contributed by atoms with Crippen molar-refractivity contribution in [2.24, 2.45) is 5.11 Å². The highest BCUT2D eigenvalue weighted by Crippen LogP contribution is 2.14. The quantitative estimate of drug-likeness (QED) is 0.511. The fourth-order valence-electron chi connectivity index (χ4n) is 1.78. The second kappa shape index (κ2) is 6.45. The summed E-state index contributed by atoms with van der Waals surface area (Å²) < 4.78 is 5.31. The van der Waals surface area contributed by atoms with E-state index in [-0.39, 0.29) is 24.3 Å². The van der Waals surface area contributed by atoms with Gasteiger partial charge in [-0.2, -0.15) is 0 Å². The summed E-state index contributed by atoms with van der Waals surface area (Å²) in [4.78, 5) is 14.6. The van der Waals surface area contributed by atoms with Gasteiger partial charge in [0.1, 0.15) is 5.76 Å². The fraction of sp³-hybridized carbons (Fsp3) is 0.214. The van der Waals surface area contributed by atoms with E-state index in [9.17, 15) is 4.79 Å². The van der Waals surface area contributed by atoms with Crippen LogP contribution in [0.1, 0.15) is 34.8 Å². The van der Waals surface area contributed by atoms with E-state index in [0.717, 1.165) is 5.56 Å². The minimum atomic E-state index is -0.298.